The van der Waals surface area contributed by atoms with Crippen molar-refractivity contribution in [1.29, 1.82) is 0 Å². The summed E-state index contributed by atoms with van der Waals surface area (Å²) >= 11 is 0. The highest BCUT2D eigenvalue weighted by Crippen LogP contribution is 2.41. The lowest BCUT2D eigenvalue weighted by Crippen LogP contribution is -2.66. The summed E-state index contributed by atoms with van der Waals surface area (Å²) in [5.74, 6) is 0. The second-order valence-corrected chi connectivity index (χ2v) is 3.87. The van der Waals surface area contributed by atoms with E-state index in [1.54, 1.807) is 0 Å². The van der Waals surface area contributed by atoms with Crippen molar-refractivity contribution in [3.8, 4) is 0 Å². The van der Waals surface area contributed by atoms with Gasteiger partial charge in [-0.1, -0.05) is 6.58 Å². The third-order valence-electron chi connectivity index (χ3n) is 1.34. The predicted molar refractivity (Wildman–Crippen MR) is 31.9 cm³/mol. The minimum atomic E-state index is -4.67. The number of alkyl halides is 2. The van der Waals surface area contributed by atoms with Crippen LogP contribution in [0.2, 0.25) is 0 Å². The first kappa shape index (κ1) is 8.41. The first-order valence-corrected chi connectivity index (χ1v) is 4.01. The zero-order chi connectivity index (χ0) is 8.86. The van der Waals surface area contributed by atoms with Gasteiger partial charge in [0.15, 0.2) is 0 Å². The van der Waals surface area contributed by atoms with E-state index in [-0.39, 0.29) is 4.31 Å². The number of hydrogen-bond acceptors (Lipinski definition) is 3. The smallest absolute Gasteiger partial charge is 0.366 e. The van der Waals surface area contributed by atoms with Crippen molar-refractivity contribution in [2.24, 2.45) is 0 Å². The lowest BCUT2D eigenvalue weighted by Gasteiger charge is -2.41. The highest BCUT2D eigenvalue weighted by atomic mass is 32.2. The number of aliphatic hydroxyl groups is 1. The van der Waals surface area contributed by atoms with E-state index in [1.165, 1.54) is 0 Å². The Labute approximate surface area is 61.8 Å². The molecule has 1 aliphatic rings. The summed E-state index contributed by atoms with van der Waals surface area (Å²) in [7, 11) is -4.67. The number of aliphatic hydroxyl groups excluding tert-OH is 1. The molecular weight excluding hydrogens is 180 g/mol. The van der Waals surface area contributed by atoms with Crippen molar-refractivity contribution in [2.75, 3.05) is 0 Å². The van der Waals surface area contributed by atoms with Gasteiger partial charge >= 0.3 is 15.3 Å². The van der Waals surface area contributed by atoms with Crippen molar-refractivity contribution in [3.63, 3.8) is 0 Å². The average molecular weight is 185 g/mol. The largest absolute Gasteiger partial charge is 0.408 e. The summed E-state index contributed by atoms with van der Waals surface area (Å²) in [6.45, 7) is 2.95. The molecule has 1 unspecified atom stereocenters. The van der Waals surface area contributed by atoms with Crippen LogP contribution in [-0.4, -0.2) is 29.3 Å². The Hall–Kier alpha value is -0.690. The van der Waals surface area contributed by atoms with E-state index in [0.29, 0.717) is 6.20 Å². The number of nitrogens with zero attached hydrogens (tertiary/aromatic N) is 1. The standard InChI is InChI=1S/C4H5F2NO3S/c1-2-7-3(8)4(5,6)11(7,9)10/h2-3,8H,1H2. The number of hydrogen-bond donors (Lipinski definition) is 1. The van der Waals surface area contributed by atoms with Gasteiger partial charge in [-0.15, -0.1) is 0 Å². The third kappa shape index (κ3) is 0.719. The monoisotopic (exact) mass is 185 g/mol. The van der Waals surface area contributed by atoms with Gasteiger partial charge in [0.05, 0.1) is 0 Å². The zero-order valence-electron chi connectivity index (χ0n) is 5.24. The van der Waals surface area contributed by atoms with Crippen LogP contribution in [0.25, 0.3) is 0 Å². The van der Waals surface area contributed by atoms with Crippen molar-refractivity contribution in [1.82, 2.24) is 4.31 Å². The molecule has 64 valence electrons. The number of halogens is 2. The van der Waals surface area contributed by atoms with Gasteiger partial charge in [-0.2, -0.15) is 17.2 Å². The van der Waals surface area contributed by atoms with Crippen LogP contribution < -0.4 is 0 Å². The Kier molecular flexibility index (Phi) is 1.47. The van der Waals surface area contributed by atoms with Gasteiger partial charge in [0.25, 0.3) is 0 Å². The van der Waals surface area contributed by atoms with Gasteiger partial charge in [-0.25, -0.2) is 4.31 Å². The second kappa shape index (κ2) is 1.92. The summed E-state index contributed by atoms with van der Waals surface area (Å²) in [5, 5.41) is 4.43. The fourth-order valence-corrected chi connectivity index (χ4v) is 1.79. The van der Waals surface area contributed by atoms with Crippen LogP contribution in [0.3, 0.4) is 0 Å². The van der Waals surface area contributed by atoms with E-state index in [2.05, 4.69) is 6.58 Å². The van der Waals surface area contributed by atoms with Gasteiger partial charge in [0.1, 0.15) is 0 Å². The molecule has 0 radical (unpaired) electrons. The van der Waals surface area contributed by atoms with Crippen molar-refractivity contribution in [2.45, 2.75) is 11.5 Å². The number of rotatable bonds is 1. The molecule has 1 heterocycles. The Balaban J connectivity index is 3.08. The Morgan fingerprint density at radius 2 is 2.09 bits per heavy atom. The topological polar surface area (TPSA) is 57.6 Å². The Morgan fingerprint density at radius 1 is 1.64 bits per heavy atom. The molecular formula is C4H5F2NO3S. The van der Waals surface area contributed by atoms with Gasteiger partial charge in [0.2, 0.25) is 6.23 Å². The van der Waals surface area contributed by atoms with E-state index in [0.717, 1.165) is 0 Å². The molecule has 0 aliphatic carbocycles. The highest BCUT2D eigenvalue weighted by Gasteiger charge is 2.68. The molecule has 1 atom stereocenters. The Morgan fingerprint density at radius 3 is 2.27 bits per heavy atom. The maximum absolute atomic E-state index is 12.2. The maximum atomic E-state index is 12.2. The van der Waals surface area contributed by atoms with E-state index in [4.69, 9.17) is 5.11 Å². The summed E-state index contributed by atoms with van der Waals surface area (Å²) < 4.78 is 45.5. The molecule has 0 saturated carbocycles. The van der Waals surface area contributed by atoms with Gasteiger partial charge < -0.3 is 5.11 Å². The zero-order valence-corrected chi connectivity index (χ0v) is 6.05. The highest BCUT2D eigenvalue weighted by molar-refractivity contribution is 7.91. The first-order chi connectivity index (χ1) is 4.85. The van der Waals surface area contributed by atoms with E-state index in [9.17, 15) is 17.2 Å². The predicted octanol–water partition coefficient (Wildman–Crippen LogP) is -0.313. The molecule has 1 saturated heterocycles. The molecule has 0 aromatic carbocycles. The van der Waals surface area contributed by atoms with Gasteiger partial charge in [-0.3, -0.25) is 0 Å². The molecule has 0 bridgehead atoms. The van der Waals surface area contributed by atoms with Crippen LogP contribution in [0.4, 0.5) is 8.78 Å². The van der Waals surface area contributed by atoms with Crippen LogP contribution in [0.15, 0.2) is 12.8 Å². The van der Waals surface area contributed by atoms with Crippen molar-refractivity contribution < 1.29 is 22.3 Å². The van der Waals surface area contributed by atoms with E-state index < -0.39 is 21.5 Å². The second-order valence-electron chi connectivity index (χ2n) is 1.95. The number of sulfonamides is 1. The minimum absolute atomic E-state index is 0.104. The van der Waals surface area contributed by atoms with Crippen LogP contribution in [0, 0.1) is 0 Å². The van der Waals surface area contributed by atoms with Crippen molar-refractivity contribution >= 4 is 10.0 Å². The fraction of sp³-hybridized carbons (Fsp3) is 0.500. The minimum Gasteiger partial charge on any atom is -0.366 e. The lowest BCUT2D eigenvalue weighted by molar-refractivity contribution is -0.124. The molecule has 11 heavy (non-hydrogen) atoms. The lowest BCUT2D eigenvalue weighted by atomic mass is 10.5. The fourth-order valence-electron chi connectivity index (χ4n) is 0.702. The molecule has 1 N–H and O–H groups in total. The van der Waals surface area contributed by atoms with Crippen molar-refractivity contribution in [3.05, 3.63) is 12.8 Å². The SMILES string of the molecule is C=CN1C(O)C(F)(F)S1(=O)=O. The van der Waals surface area contributed by atoms with Crippen LogP contribution >= 0.6 is 0 Å². The molecule has 4 nitrogen and oxygen atoms in total. The van der Waals surface area contributed by atoms with Crippen LogP contribution in [0.5, 0.6) is 0 Å². The molecule has 1 aliphatic heterocycles. The molecule has 0 aromatic rings. The molecule has 0 aromatic heterocycles. The van der Waals surface area contributed by atoms with E-state index >= 15 is 0 Å². The summed E-state index contributed by atoms with van der Waals surface area (Å²) in [6.07, 6.45) is -1.66. The van der Waals surface area contributed by atoms with E-state index in [1.807, 2.05) is 0 Å². The quantitative estimate of drug-likeness (QED) is 0.609. The molecule has 0 spiro atoms. The Bertz CT molecular complexity index is 286. The summed E-state index contributed by atoms with van der Waals surface area (Å²) in [5.41, 5.74) is 0. The van der Waals surface area contributed by atoms with Gasteiger partial charge in [-0.05, 0) is 0 Å². The average Bonchev–Trinajstić information content (AvgIpc) is 1.88. The van der Waals surface area contributed by atoms with Gasteiger partial charge in [0, 0.05) is 6.20 Å². The summed E-state index contributed by atoms with van der Waals surface area (Å²) in [4.78, 5) is 0. The molecule has 0 amide bonds. The summed E-state index contributed by atoms with van der Waals surface area (Å²) in [6, 6.07) is 0. The molecule has 7 heteroatoms. The molecule has 1 rings (SSSR count). The maximum Gasteiger partial charge on any atom is 0.408 e. The normalized spacial score (nSPS) is 32.6. The van der Waals surface area contributed by atoms with Crippen LogP contribution in [0.1, 0.15) is 0 Å². The molecule has 1 fully saturated rings. The third-order valence-corrected chi connectivity index (χ3v) is 3.15. The first-order valence-electron chi connectivity index (χ1n) is 2.57. The van der Waals surface area contributed by atoms with Crippen LogP contribution in [-0.2, 0) is 10.0 Å².